The Balaban J connectivity index is 2.01. The predicted octanol–water partition coefficient (Wildman–Crippen LogP) is 2.27. The van der Waals surface area contributed by atoms with Gasteiger partial charge in [-0.15, -0.1) is 0 Å². The Morgan fingerprint density at radius 2 is 2.31 bits per heavy atom. The summed E-state index contributed by atoms with van der Waals surface area (Å²) in [5.74, 6) is 1.48. The van der Waals surface area contributed by atoms with Crippen LogP contribution in [0, 0.1) is 0 Å². The zero-order valence-electron chi connectivity index (χ0n) is 9.09. The molecule has 1 atom stereocenters. The van der Waals surface area contributed by atoms with Gasteiger partial charge < -0.3 is 15.0 Å². The summed E-state index contributed by atoms with van der Waals surface area (Å²) >= 11 is 0. The minimum atomic E-state index is 0.00818. The fourth-order valence-corrected chi connectivity index (χ4v) is 1.36. The van der Waals surface area contributed by atoms with E-state index in [2.05, 4.69) is 5.16 Å². The Hall–Kier alpha value is -1.81. The first-order valence-corrected chi connectivity index (χ1v) is 5.13. The largest absolute Gasteiger partial charge is 0.486 e. The molecule has 4 heteroatoms. The van der Waals surface area contributed by atoms with Crippen LogP contribution in [-0.4, -0.2) is 5.16 Å². The van der Waals surface area contributed by atoms with Crippen LogP contribution >= 0.6 is 0 Å². The Labute approximate surface area is 94.0 Å². The lowest BCUT2D eigenvalue weighted by molar-refractivity contribution is 0.249. The zero-order chi connectivity index (χ0) is 11.4. The van der Waals surface area contributed by atoms with Gasteiger partial charge >= 0.3 is 0 Å². The molecule has 16 heavy (non-hydrogen) atoms. The molecule has 0 amide bonds. The van der Waals surface area contributed by atoms with Gasteiger partial charge in [0.05, 0.1) is 6.20 Å². The molecule has 0 unspecified atom stereocenters. The first-order chi connectivity index (χ1) is 7.75. The van der Waals surface area contributed by atoms with Gasteiger partial charge in [0, 0.05) is 12.1 Å². The highest BCUT2D eigenvalue weighted by atomic mass is 16.5. The monoisotopic (exact) mass is 218 g/mol. The molecule has 1 aromatic carbocycles. The molecule has 2 N–H and O–H groups in total. The molecule has 0 saturated heterocycles. The Morgan fingerprint density at radius 1 is 1.44 bits per heavy atom. The van der Waals surface area contributed by atoms with Crippen molar-refractivity contribution in [1.82, 2.24) is 5.16 Å². The van der Waals surface area contributed by atoms with Crippen molar-refractivity contribution in [2.24, 2.45) is 5.73 Å². The normalized spacial score (nSPS) is 12.4. The van der Waals surface area contributed by atoms with E-state index >= 15 is 0 Å². The van der Waals surface area contributed by atoms with E-state index < -0.39 is 0 Å². The van der Waals surface area contributed by atoms with Gasteiger partial charge in [-0.1, -0.05) is 17.3 Å². The van der Waals surface area contributed by atoms with Crippen LogP contribution in [0.5, 0.6) is 5.75 Å². The minimum absolute atomic E-state index is 0.00818. The number of nitrogens with zero attached hydrogens (tertiary/aromatic N) is 1. The summed E-state index contributed by atoms with van der Waals surface area (Å²) in [6.45, 7) is 2.32. The maximum atomic E-state index is 5.79. The second kappa shape index (κ2) is 4.81. The van der Waals surface area contributed by atoms with E-state index in [0.717, 1.165) is 11.3 Å². The number of hydrogen-bond donors (Lipinski definition) is 1. The SMILES string of the molecule is C[C@H](N)c1cccc(OCc2ccno2)c1. The summed E-state index contributed by atoms with van der Waals surface area (Å²) in [7, 11) is 0. The van der Waals surface area contributed by atoms with Crippen molar-refractivity contribution in [3.63, 3.8) is 0 Å². The van der Waals surface area contributed by atoms with E-state index in [4.69, 9.17) is 15.0 Å². The summed E-state index contributed by atoms with van der Waals surface area (Å²) < 4.78 is 10.5. The maximum Gasteiger partial charge on any atom is 0.174 e. The molecule has 0 bridgehead atoms. The van der Waals surface area contributed by atoms with Gasteiger partial charge in [0.15, 0.2) is 5.76 Å². The highest BCUT2D eigenvalue weighted by Crippen LogP contribution is 2.18. The van der Waals surface area contributed by atoms with Crippen molar-refractivity contribution in [2.45, 2.75) is 19.6 Å². The Morgan fingerprint density at radius 3 is 3.00 bits per heavy atom. The van der Waals surface area contributed by atoms with E-state index in [-0.39, 0.29) is 6.04 Å². The molecule has 1 heterocycles. The lowest BCUT2D eigenvalue weighted by atomic mass is 10.1. The molecule has 0 aliphatic rings. The average molecular weight is 218 g/mol. The smallest absolute Gasteiger partial charge is 0.174 e. The fourth-order valence-electron chi connectivity index (χ4n) is 1.36. The van der Waals surface area contributed by atoms with E-state index in [1.54, 1.807) is 12.3 Å². The molecular weight excluding hydrogens is 204 g/mol. The summed E-state index contributed by atoms with van der Waals surface area (Å²) in [4.78, 5) is 0. The molecule has 0 saturated carbocycles. The number of benzene rings is 1. The molecule has 0 fully saturated rings. The molecule has 84 valence electrons. The highest BCUT2D eigenvalue weighted by molar-refractivity contribution is 5.30. The van der Waals surface area contributed by atoms with Gasteiger partial charge in [0.25, 0.3) is 0 Å². The molecule has 0 radical (unpaired) electrons. The van der Waals surface area contributed by atoms with Crippen molar-refractivity contribution in [2.75, 3.05) is 0 Å². The van der Waals surface area contributed by atoms with Crippen LogP contribution < -0.4 is 10.5 Å². The van der Waals surface area contributed by atoms with Crippen LogP contribution in [0.1, 0.15) is 24.3 Å². The van der Waals surface area contributed by atoms with Crippen molar-refractivity contribution >= 4 is 0 Å². The standard InChI is InChI=1S/C12H14N2O2/c1-9(13)10-3-2-4-11(7-10)15-8-12-5-6-14-16-12/h2-7,9H,8,13H2,1H3/t9-/m0/s1. The van der Waals surface area contributed by atoms with Crippen LogP contribution in [-0.2, 0) is 6.61 Å². The van der Waals surface area contributed by atoms with Crippen molar-refractivity contribution < 1.29 is 9.26 Å². The van der Waals surface area contributed by atoms with Gasteiger partial charge in [-0.05, 0) is 24.6 Å². The van der Waals surface area contributed by atoms with E-state index in [1.807, 2.05) is 31.2 Å². The van der Waals surface area contributed by atoms with Crippen LogP contribution in [0.25, 0.3) is 0 Å². The molecule has 2 rings (SSSR count). The van der Waals surface area contributed by atoms with E-state index in [9.17, 15) is 0 Å². The van der Waals surface area contributed by atoms with Crippen molar-refractivity contribution in [3.05, 3.63) is 47.9 Å². The number of hydrogen-bond acceptors (Lipinski definition) is 4. The van der Waals surface area contributed by atoms with Gasteiger partial charge in [-0.25, -0.2) is 0 Å². The zero-order valence-corrected chi connectivity index (χ0v) is 9.09. The first-order valence-electron chi connectivity index (χ1n) is 5.13. The third-order valence-electron chi connectivity index (χ3n) is 2.26. The van der Waals surface area contributed by atoms with Gasteiger partial charge in [0.2, 0.25) is 0 Å². The van der Waals surface area contributed by atoms with E-state index in [0.29, 0.717) is 12.4 Å². The number of rotatable bonds is 4. The lowest BCUT2D eigenvalue weighted by Gasteiger charge is -2.08. The summed E-state index contributed by atoms with van der Waals surface area (Å²) in [5, 5.41) is 3.61. The molecule has 0 spiro atoms. The second-order valence-electron chi connectivity index (χ2n) is 3.63. The van der Waals surface area contributed by atoms with Crippen molar-refractivity contribution in [3.8, 4) is 5.75 Å². The maximum absolute atomic E-state index is 5.79. The molecule has 2 aromatic rings. The number of ether oxygens (including phenoxy) is 1. The average Bonchev–Trinajstić information content (AvgIpc) is 2.79. The minimum Gasteiger partial charge on any atom is -0.486 e. The van der Waals surface area contributed by atoms with Gasteiger partial charge in [-0.2, -0.15) is 0 Å². The summed E-state index contributed by atoms with van der Waals surface area (Å²) in [6, 6.07) is 9.51. The third kappa shape index (κ3) is 2.61. The molecular formula is C12H14N2O2. The summed E-state index contributed by atoms with van der Waals surface area (Å²) in [5.41, 5.74) is 6.84. The molecule has 4 nitrogen and oxygen atoms in total. The molecule has 0 aliphatic heterocycles. The highest BCUT2D eigenvalue weighted by Gasteiger charge is 2.02. The predicted molar refractivity (Wildman–Crippen MR) is 59.9 cm³/mol. The van der Waals surface area contributed by atoms with Crippen LogP contribution in [0.15, 0.2) is 41.1 Å². The van der Waals surface area contributed by atoms with E-state index in [1.165, 1.54) is 0 Å². The topological polar surface area (TPSA) is 61.3 Å². The Kier molecular flexibility index (Phi) is 3.22. The van der Waals surface area contributed by atoms with Crippen LogP contribution in [0.4, 0.5) is 0 Å². The van der Waals surface area contributed by atoms with Gasteiger partial charge in [0.1, 0.15) is 12.4 Å². The summed E-state index contributed by atoms with van der Waals surface area (Å²) in [6.07, 6.45) is 1.59. The molecule has 1 aromatic heterocycles. The number of aromatic nitrogens is 1. The fraction of sp³-hybridized carbons (Fsp3) is 0.250. The molecule has 0 aliphatic carbocycles. The Bertz CT molecular complexity index is 438. The van der Waals surface area contributed by atoms with Gasteiger partial charge in [-0.3, -0.25) is 0 Å². The number of nitrogens with two attached hydrogens (primary N) is 1. The second-order valence-corrected chi connectivity index (χ2v) is 3.63. The van der Waals surface area contributed by atoms with Crippen LogP contribution in [0.3, 0.4) is 0 Å². The van der Waals surface area contributed by atoms with Crippen LogP contribution in [0.2, 0.25) is 0 Å². The van der Waals surface area contributed by atoms with Crippen molar-refractivity contribution in [1.29, 1.82) is 0 Å². The first kappa shape index (κ1) is 10.7. The lowest BCUT2D eigenvalue weighted by Crippen LogP contribution is -2.05. The third-order valence-corrected chi connectivity index (χ3v) is 2.26. The quantitative estimate of drug-likeness (QED) is 0.855.